The van der Waals surface area contributed by atoms with E-state index in [2.05, 4.69) is 5.32 Å². The summed E-state index contributed by atoms with van der Waals surface area (Å²) in [4.78, 5) is 12.0. The first-order chi connectivity index (χ1) is 9.01. The van der Waals surface area contributed by atoms with E-state index in [4.69, 9.17) is 25.8 Å². The van der Waals surface area contributed by atoms with Crippen LogP contribution in [-0.4, -0.2) is 25.6 Å². The molecule has 1 fully saturated rings. The van der Waals surface area contributed by atoms with Crippen LogP contribution in [0.15, 0.2) is 18.2 Å². The normalized spacial score (nSPS) is 23.4. The van der Waals surface area contributed by atoms with Crippen molar-refractivity contribution >= 4 is 23.2 Å². The van der Waals surface area contributed by atoms with Gasteiger partial charge in [0.05, 0.1) is 18.1 Å². The van der Waals surface area contributed by atoms with Crippen molar-refractivity contribution < 1.29 is 19.0 Å². The fourth-order valence-electron chi connectivity index (χ4n) is 1.74. The number of benzene rings is 1. The third-order valence-electron chi connectivity index (χ3n) is 2.89. The molecule has 1 aliphatic rings. The van der Waals surface area contributed by atoms with E-state index in [9.17, 15) is 4.79 Å². The van der Waals surface area contributed by atoms with Crippen LogP contribution in [0.1, 0.15) is 13.8 Å². The predicted molar refractivity (Wildman–Crippen MR) is 71.2 cm³/mol. The number of methoxy groups -OCH3 is 1. The van der Waals surface area contributed by atoms with Crippen LogP contribution >= 0.6 is 11.6 Å². The highest BCUT2D eigenvalue weighted by molar-refractivity contribution is 6.32. The Morgan fingerprint density at radius 2 is 2.16 bits per heavy atom. The Morgan fingerprint density at radius 1 is 1.47 bits per heavy atom. The summed E-state index contributed by atoms with van der Waals surface area (Å²) in [5, 5.41) is 3.26. The van der Waals surface area contributed by atoms with Crippen molar-refractivity contribution in [3.8, 4) is 5.75 Å². The molecule has 19 heavy (non-hydrogen) atoms. The highest BCUT2D eigenvalue weighted by Gasteiger charge is 2.35. The molecule has 1 amide bonds. The van der Waals surface area contributed by atoms with Crippen molar-refractivity contribution in [2.24, 2.45) is 5.92 Å². The smallest absolute Gasteiger partial charge is 0.232 e. The molecule has 1 aromatic carbocycles. The maximum atomic E-state index is 12.0. The Kier molecular flexibility index (Phi) is 4.29. The first-order valence-electron chi connectivity index (χ1n) is 5.96. The molecule has 1 atom stereocenters. The van der Waals surface area contributed by atoms with Gasteiger partial charge in [0.2, 0.25) is 5.91 Å². The number of halogens is 1. The largest absolute Gasteiger partial charge is 0.495 e. The van der Waals surface area contributed by atoms with Gasteiger partial charge in [0, 0.05) is 11.8 Å². The van der Waals surface area contributed by atoms with E-state index < -0.39 is 12.2 Å². The number of amides is 1. The van der Waals surface area contributed by atoms with Gasteiger partial charge in [-0.15, -0.1) is 0 Å². The number of hydrogen-bond donors (Lipinski definition) is 1. The van der Waals surface area contributed by atoms with Crippen LogP contribution in [0.4, 0.5) is 5.69 Å². The van der Waals surface area contributed by atoms with Gasteiger partial charge in [0.1, 0.15) is 5.75 Å². The first-order valence-corrected chi connectivity index (χ1v) is 6.34. The summed E-state index contributed by atoms with van der Waals surface area (Å²) in [6.07, 6.45) is -0.722. The highest BCUT2D eigenvalue weighted by atomic mass is 35.5. The number of carbonyl (C=O) groups is 1. The van der Waals surface area contributed by atoms with Crippen LogP contribution < -0.4 is 10.1 Å². The van der Waals surface area contributed by atoms with Crippen LogP contribution in [0.25, 0.3) is 0 Å². The molecule has 1 aliphatic heterocycles. The molecule has 0 spiro atoms. The summed E-state index contributed by atoms with van der Waals surface area (Å²) >= 11 is 5.92. The van der Waals surface area contributed by atoms with E-state index in [0.717, 1.165) is 0 Å². The zero-order chi connectivity index (χ0) is 14.0. The van der Waals surface area contributed by atoms with Crippen LogP contribution in [-0.2, 0) is 14.3 Å². The van der Waals surface area contributed by atoms with Gasteiger partial charge in [0.25, 0.3) is 0 Å². The molecule has 5 nitrogen and oxygen atoms in total. The average molecular weight is 286 g/mol. The molecule has 0 radical (unpaired) electrons. The molecule has 1 N–H and O–H groups in total. The van der Waals surface area contributed by atoms with E-state index >= 15 is 0 Å². The Labute approximate surface area is 116 Å². The minimum atomic E-state index is -0.482. The molecule has 1 saturated heterocycles. The monoisotopic (exact) mass is 285 g/mol. The second-order valence-electron chi connectivity index (χ2n) is 4.34. The van der Waals surface area contributed by atoms with Crippen molar-refractivity contribution in [1.29, 1.82) is 0 Å². The Morgan fingerprint density at radius 3 is 2.74 bits per heavy atom. The van der Waals surface area contributed by atoms with Gasteiger partial charge in [-0.2, -0.15) is 0 Å². The summed E-state index contributed by atoms with van der Waals surface area (Å²) in [6.45, 7) is 3.53. The predicted octanol–water partition coefficient (Wildman–Crippen LogP) is 2.64. The number of anilines is 1. The van der Waals surface area contributed by atoms with Gasteiger partial charge in [-0.1, -0.05) is 11.6 Å². The van der Waals surface area contributed by atoms with E-state index in [1.165, 1.54) is 7.11 Å². The number of hydrogen-bond acceptors (Lipinski definition) is 4. The summed E-state index contributed by atoms with van der Waals surface area (Å²) < 4.78 is 15.7. The maximum Gasteiger partial charge on any atom is 0.232 e. The molecule has 0 bridgehead atoms. The van der Waals surface area contributed by atoms with Crippen LogP contribution in [0.5, 0.6) is 5.75 Å². The molecule has 6 heteroatoms. The van der Waals surface area contributed by atoms with E-state index in [1.807, 2.05) is 0 Å². The number of nitrogens with one attached hydrogen (secondary N) is 1. The number of rotatable bonds is 4. The lowest BCUT2D eigenvalue weighted by Gasteiger charge is -2.36. The molecule has 0 aliphatic carbocycles. The Bertz CT molecular complexity index is 474. The molecular formula is C13H16ClNO4. The minimum absolute atomic E-state index is 0.179. The first kappa shape index (κ1) is 14.1. The molecule has 1 aromatic rings. The lowest BCUT2D eigenvalue weighted by atomic mass is 10.1. The Balaban J connectivity index is 1.98. The molecular weight excluding hydrogens is 270 g/mol. The second-order valence-corrected chi connectivity index (χ2v) is 4.74. The second kappa shape index (κ2) is 5.77. The third-order valence-corrected chi connectivity index (χ3v) is 3.20. The third kappa shape index (κ3) is 3.18. The van der Waals surface area contributed by atoms with E-state index in [1.54, 1.807) is 32.0 Å². The Hall–Kier alpha value is -1.30. The van der Waals surface area contributed by atoms with Crippen molar-refractivity contribution in [3.05, 3.63) is 23.2 Å². The van der Waals surface area contributed by atoms with Gasteiger partial charge in [-0.3, -0.25) is 4.79 Å². The van der Waals surface area contributed by atoms with E-state index in [0.29, 0.717) is 16.5 Å². The van der Waals surface area contributed by atoms with Crippen LogP contribution in [0.2, 0.25) is 5.02 Å². The van der Waals surface area contributed by atoms with Gasteiger partial charge < -0.3 is 19.5 Å². The summed E-state index contributed by atoms with van der Waals surface area (Å²) in [6, 6.07) is 5.04. The summed E-state index contributed by atoms with van der Waals surface area (Å²) in [5.74, 6) is -0.0592. The van der Waals surface area contributed by atoms with Crippen molar-refractivity contribution in [1.82, 2.24) is 0 Å². The van der Waals surface area contributed by atoms with E-state index in [-0.39, 0.29) is 12.2 Å². The van der Waals surface area contributed by atoms with Gasteiger partial charge in [0.15, 0.2) is 12.6 Å². The summed E-state index contributed by atoms with van der Waals surface area (Å²) in [7, 11) is 1.52. The van der Waals surface area contributed by atoms with Crippen LogP contribution in [0.3, 0.4) is 0 Å². The average Bonchev–Trinajstić information content (AvgIpc) is 2.36. The minimum Gasteiger partial charge on any atom is -0.495 e. The molecule has 2 rings (SSSR count). The van der Waals surface area contributed by atoms with Crippen molar-refractivity contribution in [2.45, 2.75) is 26.4 Å². The molecule has 0 aromatic heterocycles. The van der Waals surface area contributed by atoms with Crippen molar-refractivity contribution in [3.63, 3.8) is 0 Å². The molecule has 104 valence electrons. The quantitative estimate of drug-likeness (QED) is 0.924. The molecule has 0 saturated carbocycles. The zero-order valence-corrected chi connectivity index (χ0v) is 11.7. The van der Waals surface area contributed by atoms with Crippen molar-refractivity contribution in [2.75, 3.05) is 12.4 Å². The lowest BCUT2D eigenvalue weighted by Crippen LogP contribution is -2.46. The highest BCUT2D eigenvalue weighted by Crippen LogP contribution is 2.28. The maximum absolute atomic E-state index is 12.0. The fraction of sp³-hybridized carbons (Fsp3) is 0.462. The SMILES string of the molecule is COc1cc(NC(=O)C(C)C2OC(C)O2)ccc1Cl. The molecule has 1 heterocycles. The number of carbonyl (C=O) groups excluding carboxylic acids is 1. The van der Waals surface area contributed by atoms with Gasteiger partial charge in [-0.05, 0) is 26.0 Å². The molecule has 1 unspecified atom stereocenters. The fourth-order valence-corrected chi connectivity index (χ4v) is 1.94. The standard InChI is InChI=1S/C13H16ClNO4/c1-7(13-18-8(2)19-13)12(16)15-9-4-5-10(14)11(6-9)17-3/h4-8,13H,1-3H3,(H,15,16). The topological polar surface area (TPSA) is 56.8 Å². The van der Waals surface area contributed by atoms with Gasteiger partial charge >= 0.3 is 0 Å². The zero-order valence-electron chi connectivity index (χ0n) is 11.0. The lowest BCUT2D eigenvalue weighted by molar-refractivity contribution is -0.385. The van der Waals surface area contributed by atoms with Crippen LogP contribution in [0, 0.1) is 5.92 Å². The van der Waals surface area contributed by atoms with Gasteiger partial charge in [-0.25, -0.2) is 0 Å². The summed E-state index contributed by atoms with van der Waals surface area (Å²) in [5.41, 5.74) is 0.616. The number of ether oxygens (including phenoxy) is 3.